The number of piperidine rings is 1. The van der Waals surface area contributed by atoms with Crippen molar-refractivity contribution < 1.29 is 13.5 Å². The van der Waals surface area contributed by atoms with Crippen molar-refractivity contribution in [3.8, 4) is 0 Å². The third-order valence-corrected chi connectivity index (χ3v) is 6.48. The predicted molar refractivity (Wildman–Crippen MR) is 110 cm³/mol. The SMILES string of the molecule is CCCc1cnc(N2CCC(C(O)Cc3cccc(S(C)(=O)=O)c3)CC2)nc1. The van der Waals surface area contributed by atoms with E-state index in [1.165, 1.54) is 6.26 Å². The van der Waals surface area contributed by atoms with Gasteiger partial charge < -0.3 is 10.0 Å². The van der Waals surface area contributed by atoms with Crippen LogP contribution in [0.1, 0.15) is 37.3 Å². The average molecular weight is 404 g/mol. The molecule has 0 saturated carbocycles. The van der Waals surface area contributed by atoms with Crippen LogP contribution in [0.4, 0.5) is 5.95 Å². The molecular weight excluding hydrogens is 374 g/mol. The van der Waals surface area contributed by atoms with Gasteiger partial charge in [0.25, 0.3) is 0 Å². The summed E-state index contributed by atoms with van der Waals surface area (Å²) in [7, 11) is -3.23. The first-order chi connectivity index (χ1) is 13.4. The van der Waals surface area contributed by atoms with Crippen LogP contribution in [-0.2, 0) is 22.7 Å². The van der Waals surface area contributed by atoms with Gasteiger partial charge in [-0.25, -0.2) is 18.4 Å². The maximum absolute atomic E-state index is 11.7. The molecule has 0 amide bonds. The molecule has 0 spiro atoms. The van der Waals surface area contributed by atoms with E-state index in [4.69, 9.17) is 0 Å². The van der Waals surface area contributed by atoms with Gasteiger partial charge in [-0.05, 0) is 54.9 Å². The number of sulfone groups is 1. The van der Waals surface area contributed by atoms with E-state index < -0.39 is 15.9 Å². The van der Waals surface area contributed by atoms with E-state index in [9.17, 15) is 13.5 Å². The largest absolute Gasteiger partial charge is 0.392 e. The summed E-state index contributed by atoms with van der Waals surface area (Å²) in [5.41, 5.74) is 2.01. The molecule has 1 fully saturated rings. The minimum Gasteiger partial charge on any atom is -0.392 e. The lowest BCUT2D eigenvalue weighted by Crippen LogP contribution is -2.39. The molecule has 1 aromatic carbocycles. The number of hydrogen-bond donors (Lipinski definition) is 1. The number of aliphatic hydroxyl groups is 1. The van der Waals surface area contributed by atoms with Gasteiger partial charge >= 0.3 is 0 Å². The highest BCUT2D eigenvalue weighted by Crippen LogP contribution is 2.25. The van der Waals surface area contributed by atoms with Gasteiger partial charge in [-0.3, -0.25) is 0 Å². The molecule has 0 aliphatic carbocycles. The van der Waals surface area contributed by atoms with E-state index in [0.29, 0.717) is 11.3 Å². The molecular formula is C21H29N3O3S. The lowest BCUT2D eigenvalue weighted by Gasteiger charge is -2.34. The standard InChI is InChI=1S/C21H29N3O3S/c1-3-5-17-14-22-21(23-15-17)24-10-8-18(9-11-24)20(25)13-16-6-4-7-19(12-16)28(2,26)27/h4,6-7,12,14-15,18,20,25H,3,5,8-11,13H2,1-2H3. The van der Waals surface area contributed by atoms with Crippen molar-refractivity contribution >= 4 is 15.8 Å². The third kappa shape index (κ3) is 5.29. The molecule has 1 N–H and O–H groups in total. The Labute approximate surface area is 167 Å². The second kappa shape index (κ2) is 9.01. The second-order valence-electron chi connectivity index (χ2n) is 7.66. The summed E-state index contributed by atoms with van der Waals surface area (Å²) in [5.74, 6) is 0.950. The van der Waals surface area contributed by atoms with Crippen LogP contribution in [-0.4, -0.2) is 48.9 Å². The maximum atomic E-state index is 11.7. The summed E-state index contributed by atoms with van der Waals surface area (Å²) < 4.78 is 23.4. The van der Waals surface area contributed by atoms with Gasteiger partial charge in [0.1, 0.15) is 0 Å². The maximum Gasteiger partial charge on any atom is 0.225 e. The van der Waals surface area contributed by atoms with Crippen molar-refractivity contribution in [2.75, 3.05) is 24.2 Å². The Balaban J connectivity index is 1.56. The van der Waals surface area contributed by atoms with Crippen LogP contribution in [0.15, 0.2) is 41.6 Å². The number of aliphatic hydroxyl groups excluding tert-OH is 1. The summed E-state index contributed by atoms with van der Waals surface area (Å²) in [6.45, 7) is 3.78. The summed E-state index contributed by atoms with van der Waals surface area (Å²) in [4.78, 5) is 11.4. The Morgan fingerprint density at radius 3 is 2.46 bits per heavy atom. The van der Waals surface area contributed by atoms with Gasteiger partial charge in [-0.1, -0.05) is 25.5 Å². The second-order valence-corrected chi connectivity index (χ2v) is 9.67. The van der Waals surface area contributed by atoms with Crippen LogP contribution >= 0.6 is 0 Å². The van der Waals surface area contributed by atoms with Crippen LogP contribution in [0.5, 0.6) is 0 Å². The van der Waals surface area contributed by atoms with Gasteiger partial charge in [0, 0.05) is 31.7 Å². The number of anilines is 1. The minimum absolute atomic E-state index is 0.192. The molecule has 1 aliphatic heterocycles. The Hall–Kier alpha value is -1.99. The normalized spacial score (nSPS) is 16.9. The molecule has 7 heteroatoms. The van der Waals surface area contributed by atoms with Crippen LogP contribution < -0.4 is 4.90 Å². The number of nitrogens with zero attached hydrogens (tertiary/aromatic N) is 3. The van der Waals surface area contributed by atoms with Crippen molar-refractivity contribution in [3.63, 3.8) is 0 Å². The van der Waals surface area contributed by atoms with E-state index in [1.54, 1.807) is 18.2 Å². The molecule has 2 heterocycles. The van der Waals surface area contributed by atoms with Gasteiger partial charge in [-0.2, -0.15) is 0 Å². The Kier molecular flexibility index (Phi) is 6.67. The highest BCUT2D eigenvalue weighted by Gasteiger charge is 2.26. The van der Waals surface area contributed by atoms with E-state index in [-0.39, 0.29) is 5.92 Å². The van der Waals surface area contributed by atoms with Crippen LogP contribution in [0.25, 0.3) is 0 Å². The fraction of sp³-hybridized carbons (Fsp3) is 0.524. The van der Waals surface area contributed by atoms with Crippen molar-refractivity contribution in [3.05, 3.63) is 47.8 Å². The number of aryl methyl sites for hydroxylation is 1. The van der Waals surface area contributed by atoms with E-state index in [2.05, 4.69) is 21.8 Å². The first-order valence-electron chi connectivity index (χ1n) is 9.89. The molecule has 1 aliphatic rings. The monoisotopic (exact) mass is 403 g/mol. The molecule has 1 aromatic heterocycles. The van der Waals surface area contributed by atoms with E-state index >= 15 is 0 Å². The summed E-state index contributed by atoms with van der Waals surface area (Å²) in [5, 5.41) is 10.7. The minimum atomic E-state index is -3.23. The van der Waals surface area contributed by atoms with Gasteiger partial charge in [0.15, 0.2) is 9.84 Å². The van der Waals surface area contributed by atoms with Crippen LogP contribution in [0.3, 0.4) is 0 Å². The number of aromatic nitrogens is 2. The van der Waals surface area contributed by atoms with Gasteiger partial charge in [-0.15, -0.1) is 0 Å². The Bertz CT molecular complexity index is 876. The first-order valence-corrected chi connectivity index (χ1v) is 11.8. The molecule has 28 heavy (non-hydrogen) atoms. The van der Waals surface area contributed by atoms with Crippen LogP contribution in [0.2, 0.25) is 0 Å². The zero-order valence-corrected chi connectivity index (χ0v) is 17.4. The summed E-state index contributed by atoms with van der Waals surface area (Å²) >= 11 is 0. The molecule has 3 rings (SSSR count). The molecule has 1 unspecified atom stereocenters. The number of benzene rings is 1. The highest BCUT2D eigenvalue weighted by atomic mass is 32.2. The van der Waals surface area contributed by atoms with Crippen molar-refractivity contribution in [1.29, 1.82) is 0 Å². The Morgan fingerprint density at radius 1 is 1.18 bits per heavy atom. The smallest absolute Gasteiger partial charge is 0.225 e. The quantitative estimate of drug-likeness (QED) is 0.765. The third-order valence-electron chi connectivity index (χ3n) is 5.37. The fourth-order valence-electron chi connectivity index (χ4n) is 3.72. The lowest BCUT2D eigenvalue weighted by atomic mass is 9.88. The molecule has 0 bridgehead atoms. The topological polar surface area (TPSA) is 83.4 Å². The summed E-state index contributed by atoms with van der Waals surface area (Å²) in [6, 6.07) is 6.87. The van der Waals surface area contributed by atoms with E-state index in [0.717, 1.165) is 55.8 Å². The van der Waals surface area contributed by atoms with Crippen molar-refractivity contribution in [2.45, 2.75) is 50.0 Å². The van der Waals surface area contributed by atoms with Crippen LogP contribution in [0, 0.1) is 5.92 Å². The molecule has 152 valence electrons. The number of hydrogen-bond acceptors (Lipinski definition) is 6. The molecule has 2 aromatic rings. The summed E-state index contributed by atoms with van der Waals surface area (Å²) in [6.07, 6.45) is 8.81. The van der Waals surface area contributed by atoms with Gasteiger partial charge in [0.05, 0.1) is 11.0 Å². The zero-order chi connectivity index (χ0) is 20.1. The zero-order valence-electron chi connectivity index (χ0n) is 16.6. The van der Waals surface area contributed by atoms with Crippen molar-refractivity contribution in [1.82, 2.24) is 9.97 Å². The molecule has 1 atom stereocenters. The first kappa shape index (κ1) is 20.7. The van der Waals surface area contributed by atoms with Gasteiger partial charge in [0.2, 0.25) is 5.95 Å². The molecule has 6 nitrogen and oxygen atoms in total. The predicted octanol–water partition coefficient (Wildman–Crippen LogP) is 2.65. The highest BCUT2D eigenvalue weighted by molar-refractivity contribution is 7.90. The Morgan fingerprint density at radius 2 is 1.86 bits per heavy atom. The van der Waals surface area contributed by atoms with Crippen molar-refractivity contribution in [2.24, 2.45) is 5.92 Å². The molecule has 0 radical (unpaired) electrons. The average Bonchev–Trinajstić information content (AvgIpc) is 2.68. The fourth-order valence-corrected chi connectivity index (χ4v) is 4.42. The van der Waals surface area contributed by atoms with E-state index in [1.807, 2.05) is 18.5 Å². The molecule has 1 saturated heterocycles. The number of rotatable bonds is 7. The lowest BCUT2D eigenvalue weighted by molar-refractivity contribution is 0.0927.